The van der Waals surface area contributed by atoms with E-state index in [1.165, 1.54) is 11.3 Å². The summed E-state index contributed by atoms with van der Waals surface area (Å²) in [6.45, 7) is 2.32. The number of benzene rings is 2. The summed E-state index contributed by atoms with van der Waals surface area (Å²) in [7, 11) is 1.56. The molecule has 1 amide bonds. The molecule has 0 unspecified atom stereocenters. The third kappa shape index (κ3) is 5.08. The molecule has 0 fully saturated rings. The number of halogens is 2. The molecule has 0 aliphatic carbocycles. The number of nitrogens with zero attached hydrogens (tertiary/aromatic N) is 4. The number of nitrogens with two attached hydrogens (primary N) is 1. The molecule has 0 spiro atoms. The summed E-state index contributed by atoms with van der Waals surface area (Å²) < 4.78 is 16.7. The van der Waals surface area contributed by atoms with Crippen molar-refractivity contribution in [2.75, 3.05) is 19.4 Å². The predicted octanol–water partition coefficient (Wildman–Crippen LogP) is 5.63. The van der Waals surface area contributed by atoms with Crippen LogP contribution in [0.5, 0.6) is 11.5 Å². The number of hydrogen-bond donors (Lipinski definition) is 2. The summed E-state index contributed by atoms with van der Waals surface area (Å²) in [5.74, 6) is 1.35. The van der Waals surface area contributed by atoms with Crippen molar-refractivity contribution in [2.24, 2.45) is 0 Å². The van der Waals surface area contributed by atoms with Crippen LogP contribution in [0.25, 0.3) is 32.9 Å². The van der Waals surface area contributed by atoms with Crippen LogP contribution in [0, 0.1) is 0 Å². The van der Waals surface area contributed by atoms with Gasteiger partial charge in [0.2, 0.25) is 11.8 Å². The van der Waals surface area contributed by atoms with Crippen LogP contribution in [0.1, 0.15) is 22.4 Å². The topological polar surface area (TPSA) is 138 Å². The summed E-state index contributed by atoms with van der Waals surface area (Å²) >= 11 is 14.2. The fourth-order valence-corrected chi connectivity index (χ4v) is 5.19. The summed E-state index contributed by atoms with van der Waals surface area (Å²) in [5, 5.41) is 7.99. The average Bonchev–Trinajstić information content (AvgIpc) is 3.55. The Morgan fingerprint density at radius 3 is 2.68 bits per heavy atom. The highest BCUT2D eigenvalue weighted by Crippen LogP contribution is 2.40. The van der Waals surface area contributed by atoms with E-state index in [0.29, 0.717) is 66.7 Å². The zero-order chi connectivity index (χ0) is 26.8. The van der Waals surface area contributed by atoms with Gasteiger partial charge in [-0.15, -0.1) is 11.3 Å². The van der Waals surface area contributed by atoms with Crippen LogP contribution in [-0.4, -0.2) is 39.7 Å². The maximum atomic E-state index is 12.4. The molecular formula is C25H20Cl2N6O4S. The summed E-state index contributed by atoms with van der Waals surface area (Å²) in [4.78, 5) is 26.5. The van der Waals surface area contributed by atoms with Crippen molar-refractivity contribution in [3.63, 3.8) is 0 Å². The Morgan fingerprint density at radius 1 is 1.08 bits per heavy atom. The van der Waals surface area contributed by atoms with Crippen molar-refractivity contribution < 1.29 is 18.8 Å². The highest BCUT2D eigenvalue weighted by atomic mass is 35.5. The second-order valence-electron chi connectivity index (χ2n) is 7.89. The second kappa shape index (κ2) is 10.8. The molecular weight excluding hydrogens is 551 g/mol. The number of methoxy groups -OCH3 is 1. The van der Waals surface area contributed by atoms with Crippen LogP contribution in [0.2, 0.25) is 10.0 Å². The quantitative estimate of drug-likeness (QED) is 0.242. The van der Waals surface area contributed by atoms with E-state index in [1.807, 2.05) is 25.1 Å². The minimum absolute atomic E-state index is 0.0272. The van der Waals surface area contributed by atoms with Gasteiger partial charge in [-0.1, -0.05) is 40.5 Å². The monoisotopic (exact) mass is 570 g/mol. The van der Waals surface area contributed by atoms with Gasteiger partial charge in [-0.25, -0.2) is 9.97 Å². The first kappa shape index (κ1) is 25.7. The minimum Gasteiger partial charge on any atom is -0.496 e. The number of carbonyl (C=O) groups excluding carboxylic acids is 1. The lowest BCUT2D eigenvalue weighted by molar-refractivity contribution is 0.0960. The average molecular weight is 571 g/mol. The molecule has 5 rings (SSSR count). The highest BCUT2D eigenvalue weighted by Gasteiger charge is 2.20. The lowest BCUT2D eigenvalue weighted by Gasteiger charge is -2.11. The molecule has 0 bridgehead atoms. The highest BCUT2D eigenvalue weighted by molar-refractivity contribution is 7.20. The lowest BCUT2D eigenvalue weighted by Crippen LogP contribution is -2.21. The largest absolute Gasteiger partial charge is 0.496 e. The smallest absolute Gasteiger partial charge is 0.261 e. The molecule has 0 atom stereocenters. The zero-order valence-electron chi connectivity index (χ0n) is 20.1. The number of hydrogen-bond acceptors (Lipinski definition) is 10. The number of thiophene rings is 1. The Morgan fingerprint density at radius 2 is 1.89 bits per heavy atom. The van der Waals surface area contributed by atoms with E-state index in [4.69, 9.17) is 42.9 Å². The molecule has 0 radical (unpaired) electrons. The third-order valence-electron chi connectivity index (χ3n) is 5.41. The number of anilines is 1. The number of nitrogen functional groups attached to an aromatic ring is 1. The molecule has 0 aliphatic rings. The maximum Gasteiger partial charge on any atom is 0.261 e. The van der Waals surface area contributed by atoms with E-state index in [-0.39, 0.29) is 23.5 Å². The first-order valence-electron chi connectivity index (χ1n) is 11.3. The maximum absolute atomic E-state index is 12.4. The number of para-hydroxylation sites is 1. The van der Waals surface area contributed by atoms with Crippen molar-refractivity contribution in [1.29, 1.82) is 0 Å². The van der Waals surface area contributed by atoms with E-state index in [2.05, 4.69) is 25.4 Å². The molecule has 3 N–H and O–H groups in total. The van der Waals surface area contributed by atoms with E-state index < -0.39 is 0 Å². The van der Waals surface area contributed by atoms with Gasteiger partial charge in [-0.3, -0.25) is 4.79 Å². The van der Waals surface area contributed by atoms with Crippen molar-refractivity contribution in [1.82, 2.24) is 25.4 Å². The van der Waals surface area contributed by atoms with Gasteiger partial charge in [0, 0.05) is 17.5 Å². The Balaban J connectivity index is 1.45. The lowest BCUT2D eigenvalue weighted by atomic mass is 10.1. The molecule has 0 aliphatic heterocycles. The number of carbonyl (C=O) groups is 1. The first-order valence-corrected chi connectivity index (χ1v) is 12.9. The van der Waals surface area contributed by atoms with E-state index in [0.717, 1.165) is 0 Å². The molecule has 2 aromatic carbocycles. The Labute approximate surface area is 230 Å². The van der Waals surface area contributed by atoms with E-state index in [1.54, 1.807) is 31.4 Å². The van der Waals surface area contributed by atoms with Gasteiger partial charge in [0.05, 0.1) is 33.3 Å². The number of ether oxygens (including phenoxy) is 2. The number of rotatable bonds is 8. The third-order valence-corrected chi connectivity index (χ3v) is 7.05. The van der Waals surface area contributed by atoms with Crippen molar-refractivity contribution in [3.8, 4) is 34.2 Å². The Bertz CT molecular complexity index is 1650. The summed E-state index contributed by atoms with van der Waals surface area (Å²) in [6, 6.07) is 12.2. The van der Waals surface area contributed by atoms with Crippen LogP contribution >= 0.6 is 34.5 Å². The van der Waals surface area contributed by atoms with Crippen LogP contribution in [0.15, 0.2) is 47.0 Å². The van der Waals surface area contributed by atoms with Gasteiger partial charge >= 0.3 is 0 Å². The number of amides is 1. The zero-order valence-corrected chi connectivity index (χ0v) is 22.4. The SMILES string of the molecule is CCNC(=O)c1cc2c(-c3cc(OCc4noc(-c5ccccc5OC)n4)c(Cl)cc3Cl)nc(N)nc2s1. The number of nitrogens with one attached hydrogen (secondary N) is 1. The standard InChI is InChI=1S/C25H20Cl2N6O4S/c1-3-29-22(34)19-9-14-21(31-25(28)32-24(14)38-19)13-8-18(16(27)10-15(13)26)36-11-20-30-23(37-33-20)12-6-4-5-7-17(12)35-2/h4-10H,3,11H2,1-2H3,(H,29,34)(H2,28,31,32). The van der Waals surface area contributed by atoms with Gasteiger partial charge in [0.25, 0.3) is 11.8 Å². The van der Waals surface area contributed by atoms with Crippen molar-refractivity contribution in [3.05, 3.63) is 63.2 Å². The van der Waals surface area contributed by atoms with Crippen LogP contribution in [-0.2, 0) is 6.61 Å². The van der Waals surface area contributed by atoms with Gasteiger partial charge in [-0.05, 0) is 37.3 Å². The van der Waals surface area contributed by atoms with Gasteiger partial charge < -0.3 is 25.0 Å². The number of fused-ring (bicyclic) bond motifs is 1. The molecule has 13 heteroatoms. The molecule has 38 heavy (non-hydrogen) atoms. The predicted molar refractivity (Wildman–Crippen MR) is 146 cm³/mol. The van der Waals surface area contributed by atoms with E-state index >= 15 is 0 Å². The molecule has 3 heterocycles. The minimum atomic E-state index is -0.209. The Hall–Kier alpha value is -3.93. The second-order valence-corrected chi connectivity index (χ2v) is 9.73. The molecule has 5 aromatic rings. The van der Waals surface area contributed by atoms with Crippen LogP contribution in [0.4, 0.5) is 5.95 Å². The summed E-state index contributed by atoms with van der Waals surface area (Å²) in [6.07, 6.45) is 0. The normalized spacial score (nSPS) is 11.1. The van der Waals surface area contributed by atoms with Crippen molar-refractivity contribution in [2.45, 2.75) is 13.5 Å². The van der Waals surface area contributed by atoms with Gasteiger partial charge in [0.15, 0.2) is 6.61 Å². The summed E-state index contributed by atoms with van der Waals surface area (Å²) in [5.41, 5.74) is 7.59. The van der Waals surface area contributed by atoms with Gasteiger partial charge in [-0.2, -0.15) is 4.98 Å². The Kier molecular flexibility index (Phi) is 7.32. The van der Waals surface area contributed by atoms with Crippen LogP contribution in [0.3, 0.4) is 0 Å². The molecule has 0 saturated heterocycles. The fourth-order valence-electron chi connectivity index (χ4n) is 3.71. The van der Waals surface area contributed by atoms with E-state index in [9.17, 15) is 4.79 Å². The fraction of sp³-hybridized carbons (Fsp3) is 0.160. The molecule has 3 aromatic heterocycles. The molecule has 10 nitrogen and oxygen atoms in total. The first-order chi connectivity index (χ1) is 18.4. The molecule has 0 saturated carbocycles. The number of aromatic nitrogens is 4. The van der Waals surface area contributed by atoms with Gasteiger partial charge in [0.1, 0.15) is 16.3 Å². The van der Waals surface area contributed by atoms with Crippen LogP contribution < -0.4 is 20.5 Å². The molecule has 194 valence electrons. The van der Waals surface area contributed by atoms with Crippen molar-refractivity contribution >= 4 is 56.6 Å².